The van der Waals surface area contributed by atoms with Gasteiger partial charge >= 0.3 is 0 Å². The third kappa shape index (κ3) is 3.47. The molecule has 1 nitrogen and oxygen atoms in total. The first-order valence-corrected chi connectivity index (χ1v) is 8.56. The van der Waals surface area contributed by atoms with Crippen LogP contribution in [0.15, 0.2) is 24.3 Å². The molecule has 0 radical (unpaired) electrons. The van der Waals surface area contributed by atoms with E-state index in [-0.39, 0.29) is 12.2 Å². The minimum atomic E-state index is -0.658. The molecule has 0 fully saturated rings. The molecular weight excluding hydrogens is 307 g/mol. The summed E-state index contributed by atoms with van der Waals surface area (Å²) in [7, 11) is 0. The molecule has 0 spiro atoms. The molecule has 0 saturated heterocycles. The Labute approximate surface area is 133 Å². The van der Waals surface area contributed by atoms with Gasteiger partial charge in [-0.15, -0.1) is 11.3 Å². The summed E-state index contributed by atoms with van der Waals surface area (Å²) in [6, 6.07) is 6.59. The van der Waals surface area contributed by atoms with E-state index in [1.807, 2.05) is 0 Å². The number of hydrogen-bond acceptors (Lipinski definition) is 2. The lowest BCUT2D eigenvalue weighted by atomic mass is 10.0. The van der Waals surface area contributed by atoms with Crippen LogP contribution in [0, 0.1) is 5.82 Å². The molecule has 1 aromatic heterocycles. The second-order valence-electron chi connectivity index (χ2n) is 5.61. The van der Waals surface area contributed by atoms with Gasteiger partial charge in [-0.05, 0) is 61.1 Å². The molecule has 0 bridgehead atoms. The van der Waals surface area contributed by atoms with Crippen LogP contribution in [0.2, 0.25) is 5.02 Å². The number of aliphatic hydroxyl groups excluding tert-OH is 1. The molecule has 3 rings (SSSR count). The molecule has 1 heterocycles. The van der Waals surface area contributed by atoms with Crippen LogP contribution in [0.1, 0.15) is 46.2 Å². The van der Waals surface area contributed by atoms with Gasteiger partial charge in [0, 0.05) is 21.2 Å². The Balaban J connectivity index is 1.79. The van der Waals surface area contributed by atoms with E-state index in [0.717, 1.165) is 17.7 Å². The highest BCUT2D eigenvalue weighted by Gasteiger charge is 2.18. The van der Waals surface area contributed by atoms with E-state index in [1.54, 1.807) is 17.4 Å². The van der Waals surface area contributed by atoms with Crippen molar-refractivity contribution in [2.75, 3.05) is 0 Å². The molecule has 0 aliphatic heterocycles. The van der Waals surface area contributed by atoms with Gasteiger partial charge in [-0.1, -0.05) is 18.0 Å². The fourth-order valence-electron chi connectivity index (χ4n) is 2.86. The third-order valence-corrected chi connectivity index (χ3v) is 5.59. The standard InChI is InChI=1S/C17H18ClFOS/c18-13-6-7-14(19)12(8-13)9-15(20)17-10-11-4-2-1-3-5-16(11)21-17/h6-8,10,15,20H,1-5,9H2. The average Bonchev–Trinajstić information content (AvgIpc) is 2.74. The van der Waals surface area contributed by atoms with Gasteiger partial charge in [0.25, 0.3) is 0 Å². The number of hydrogen-bond donors (Lipinski definition) is 1. The zero-order valence-electron chi connectivity index (χ0n) is 11.7. The lowest BCUT2D eigenvalue weighted by molar-refractivity contribution is 0.181. The summed E-state index contributed by atoms with van der Waals surface area (Å²) >= 11 is 7.58. The maximum absolute atomic E-state index is 13.8. The molecule has 1 aromatic carbocycles. The fraction of sp³-hybridized carbons (Fsp3) is 0.412. The second kappa shape index (κ2) is 6.47. The summed E-state index contributed by atoms with van der Waals surface area (Å²) in [6.07, 6.45) is 5.56. The highest BCUT2D eigenvalue weighted by atomic mass is 35.5. The van der Waals surface area contributed by atoms with Crippen LogP contribution < -0.4 is 0 Å². The normalized spacial score (nSPS) is 16.3. The van der Waals surface area contributed by atoms with Crippen molar-refractivity contribution in [1.29, 1.82) is 0 Å². The fourth-order valence-corrected chi connectivity index (χ4v) is 4.30. The highest BCUT2D eigenvalue weighted by Crippen LogP contribution is 2.34. The van der Waals surface area contributed by atoms with Gasteiger partial charge in [0.05, 0.1) is 6.10 Å². The average molecular weight is 325 g/mol. The van der Waals surface area contributed by atoms with Gasteiger partial charge in [-0.3, -0.25) is 0 Å². The molecule has 0 saturated carbocycles. The summed E-state index contributed by atoms with van der Waals surface area (Å²) in [5, 5.41) is 10.9. The zero-order valence-corrected chi connectivity index (χ0v) is 13.3. The van der Waals surface area contributed by atoms with Gasteiger partial charge in [0.1, 0.15) is 5.82 Å². The van der Waals surface area contributed by atoms with Crippen molar-refractivity contribution in [3.05, 3.63) is 56.0 Å². The lowest BCUT2D eigenvalue weighted by Crippen LogP contribution is -2.02. The summed E-state index contributed by atoms with van der Waals surface area (Å²) in [4.78, 5) is 2.34. The second-order valence-corrected chi connectivity index (χ2v) is 7.22. The topological polar surface area (TPSA) is 20.2 Å². The molecule has 0 amide bonds. The van der Waals surface area contributed by atoms with Crippen molar-refractivity contribution in [2.24, 2.45) is 0 Å². The molecule has 112 valence electrons. The Hall–Kier alpha value is -0.900. The van der Waals surface area contributed by atoms with E-state index in [9.17, 15) is 9.50 Å². The lowest BCUT2D eigenvalue weighted by Gasteiger charge is -2.10. The Morgan fingerprint density at radius 1 is 1.19 bits per heavy atom. The van der Waals surface area contributed by atoms with E-state index in [1.165, 1.54) is 41.8 Å². The van der Waals surface area contributed by atoms with E-state index < -0.39 is 6.10 Å². The number of rotatable bonds is 3. The molecule has 21 heavy (non-hydrogen) atoms. The van der Waals surface area contributed by atoms with Crippen LogP contribution in [0.4, 0.5) is 4.39 Å². The predicted molar refractivity (Wildman–Crippen MR) is 85.7 cm³/mol. The number of benzene rings is 1. The Bertz CT molecular complexity index is 614. The first kappa shape index (κ1) is 15.0. The van der Waals surface area contributed by atoms with E-state index >= 15 is 0 Å². The van der Waals surface area contributed by atoms with Gasteiger partial charge in [-0.25, -0.2) is 4.39 Å². The Morgan fingerprint density at radius 3 is 2.86 bits per heavy atom. The van der Waals surface area contributed by atoms with E-state index in [4.69, 9.17) is 11.6 Å². The van der Waals surface area contributed by atoms with E-state index in [0.29, 0.717) is 10.6 Å². The van der Waals surface area contributed by atoms with Crippen molar-refractivity contribution in [2.45, 2.75) is 44.6 Å². The molecule has 2 aromatic rings. The van der Waals surface area contributed by atoms with Crippen LogP contribution in [0.25, 0.3) is 0 Å². The first-order valence-electron chi connectivity index (χ1n) is 7.37. The van der Waals surface area contributed by atoms with Crippen LogP contribution in [0.3, 0.4) is 0 Å². The molecule has 1 unspecified atom stereocenters. The molecule has 1 atom stereocenters. The number of fused-ring (bicyclic) bond motifs is 1. The SMILES string of the molecule is OC(Cc1cc(Cl)ccc1F)c1cc2c(s1)CCCCC2. The van der Waals surface area contributed by atoms with Crippen LogP contribution in [-0.2, 0) is 19.3 Å². The number of aryl methyl sites for hydroxylation is 2. The zero-order chi connectivity index (χ0) is 14.8. The van der Waals surface area contributed by atoms with Gasteiger partial charge in [0.15, 0.2) is 0 Å². The van der Waals surface area contributed by atoms with Gasteiger partial charge < -0.3 is 5.11 Å². The highest BCUT2D eigenvalue weighted by molar-refractivity contribution is 7.12. The van der Waals surface area contributed by atoms with E-state index in [2.05, 4.69) is 6.07 Å². The number of thiophene rings is 1. The van der Waals surface area contributed by atoms with Gasteiger partial charge in [0.2, 0.25) is 0 Å². The van der Waals surface area contributed by atoms with Crippen molar-refractivity contribution in [3.8, 4) is 0 Å². The van der Waals surface area contributed by atoms with Crippen molar-refractivity contribution >= 4 is 22.9 Å². The minimum absolute atomic E-state index is 0.270. The monoisotopic (exact) mass is 324 g/mol. The van der Waals surface area contributed by atoms with Crippen LogP contribution >= 0.6 is 22.9 Å². The summed E-state index contributed by atoms with van der Waals surface area (Å²) in [6.45, 7) is 0. The maximum atomic E-state index is 13.8. The number of halogens is 2. The quantitative estimate of drug-likeness (QED) is 0.780. The summed E-state index contributed by atoms with van der Waals surface area (Å²) < 4.78 is 13.8. The molecule has 1 aliphatic rings. The largest absolute Gasteiger partial charge is 0.387 e. The van der Waals surface area contributed by atoms with Gasteiger partial charge in [-0.2, -0.15) is 0 Å². The van der Waals surface area contributed by atoms with Crippen LogP contribution in [0.5, 0.6) is 0 Å². The molecule has 1 N–H and O–H groups in total. The number of aliphatic hydroxyl groups is 1. The minimum Gasteiger partial charge on any atom is -0.387 e. The van der Waals surface area contributed by atoms with Crippen molar-refractivity contribution in [1.82, 2.24) is 0 Å². The smallest absolute Gasteiger partial charge is 0.126 e. The predicted octanol–water partition coefficient (Wildman–Crippen LogP) is 5.09. The molecular formula is C17H18ClFOS. The third-order valence-electron chi connectivity index (χ3n) is 4.02. The Morgan fingerprint density at radius 2 is 2.00 bits per heavy atom. The summed E-state index contributed by atoms with van der Waals surface area (Å²) in [5.74, 6) is -0.309. The summed E-state index contributed by atoms with van der Waals surface area (Å²) in [5.41, 5.74) is 1.84. The van der Waals surface area contributed by atoms with Crippen molar-refractivity contribution in [3.63, 3.8) is 0 Å². The molecule has 1 aliphatic carbocycles. The van der Waals surface area contributed by atoms with Crippen molar-refractivity contribution < 1.29 is 9.50 Å². The maximum Gasteiger partial charge on any atom is 0.126 e. The Kier molecular flexibility index (Phi) is 4.63. The first-order chi connectivity index (χ1) is 10.1. The van der Waals surface area contributed by atoms with Crippen LogP contribution in [-0.4, -0.2) is 5.11 Å². The molecule has 4 heteroatoms.